The second-order valence-corrected chi connectivity index (χ2v) is 7.67. The topological polar surface area (TPSA) is 96.6 Å². The summed E-state index contributed by atoms with van der Waals surface area (Å²) in [5.41, 5.74) is 0. The molecule has 0 aromatic carbocycles. The van der Waals surface area contributed by atoms with Crippen molar-refractivity contribution in [2.45, 2.75) is 39.5 Å². The number of carbonyl (C=O) groups is 1. The van der Waals surface area contributed by atoms with E-state index < -0.39 is 15.8 Å². The van der Waals surface area contributed by atoms with Crippen molar-refractivity contribution in [3.05, 3.63) is 11.7 Å². The Morgan fingerprint density at radius 2 is 2.09 bits per heavy atom. The van der Waals surface area contributed by atoms with Gasteiger partial charge in [-0.1, -0.05) is 19.0 Å². The zero-order chi connectivity index (χ0) is 17.0. The maximum atomic E-state index is 12.4. The number of nitrogens with zero attached hydrogens (tertiary/aromatic N) is 4. The minimum Gasteiger partial charge on any atom is -0.341 e. The summed E-state index contributed by atoms with van der Waals surface area (Å²) in [4.78, 5) is 18.2. The summed E-state index contributed by atoms with van der Waals surface area (Å²) in [6, 6.07) is 0. The molecule has 1 unspecified atom stereocenters. The van der Waals surface area contributed by atoms with Crippen LogP contribution in [-0.2, 0) is 14.8 Å². The minimum absolute atomic E-state index is 0.0231. The van der Waals surface area contributed by atoms with Crippen LogP contribution in [0.15, 0.2) is 4.52 Å². The number of sulfonamides is 1. The van der Waals surface area contributed by atoms with E-state index in [0.717, 1.165) is 12.8 Å². The van der Waals surface area contributed by atoms with Gasteiger partial charge in [0.05, 0.1) is 5.92 Å². The van der Waals surface area contributed by atoms with Crippen molar-refractivity contribution in [2.24, 2.45) is 0 Å². The minimum atomic E-state index is -3.56. The number of aromatic nitrogens is 2. The molecule has 1 amide bonds. The van der Waals surface area contributed by atoms with Gasteiger partial charge in [-0.2, -0.15) is 4.98 Å². The molecule has 23 heavy (non-hydrogen) atoms. The Labute approximate surface area is 136 Å². The Hall–Kier alpha value is -1.48. The number of likely N-dealkylation sites (tertiary alicyclic amines) is 1. The molecule has 0 spiro atoms. The summed E-state index contributed by atoms with van der Waals surface area (Å²) in [7, 11) is -3.56. The van der Waals surface area contributed by atoms with Crippen molar-refractivity contribution in [3.63, 3.8) is 0 Å². The molecule has 0 aliphatic carbocycles. The van der Waals surface area contributed by atoms with Crippen molar-refractivity contribution in [2.75, 3.05) is 31.9 Å². The molecule has 0 N–H and O–H groups in total. The fourth-order valence-corrected chi connectivity index (χ4v) is 4.30. The zero-order valence-electron chi connectivity index (χ0n) is 13.9. The lowest BCUT2D eigenvalue weighted by atomic mass is 9.98. The van der Waals surface area contributed by atoms with Gasteiger partial charge in [0.25, 0.3) is 0 Å². The molecule has 0 saturated carbocycles. The van der Waals surface area contributed by atoms with Crippen LogP contribution in [0.2, 0.25) is 0 Å². The van der Waals surface area contributed by atoms with Gasteiger partial charge in [-0.15, -0.1) is 0 Å². The van der Waals surface area contributed by atoms with E-state index in [0.29, 0.717) is 37.9 Å². The Morgan fingerprint density at radius 1 is 1.39 bits per heavy atom. The summed E-state index contributed by atoms with van der Waals surface area (Å²) in [6.45, 7) is 7.01. The van der Waals surface area contributed by atoms with Crippen LogP contribution in [0.3, 0.4) is 0 Å². The Bertz CT molecular complexity index is 639. The molecule has 1 aromatic heterocycles. The highest BCUT2D eigenvalue weighted by atomic mass is 32.2. The highest BCUT2D eigenvalue weighted by molar-refractivity contribution is 7.89. The molecular formula is C14H24N4O4S. The van der Waals surface area contributed by atoms with Crippen LogP contribution in [-0.4, -0.2) is 65.6 Å². The number of carbonyl (C=O) groups excluding carboxylic acids is 1. The van der Waals surface area contributed by atoms with Crippen LogP contribution in [0.25, 0.3) is 0 Å². The van der Waals surface area contributed by atoms with Gasteiger partial charge in [0.1, 0.15) is 5.75 Å². The molecule has 1 fully saturated rings. The zero-order valence-corrected chi connectivity index (χ0v) is 14.7. The van der Waals surface area contributed by atoms with Crippen LogP contribution < -0.4 is 0 Å². The summed E-state index contributed by atoms with van der Waals surface area (Å²) in [5, 5.41) is 3.77. The van der Waals surface area contributed by atoms with E-state index in [1.807, 2.05) is 0 Å². The number of piperidine rings is 1. The third-order valence-corrected chi connectivity index (χ3v) is 5.99. The van der Waals surface area contributed by atoms with E-state index in [1.165, 1.54) is 4.31 Å². The van der Waals surface area contributed by atoms with Gasteiger partial charge in [0, 0.05) is 26.2 Å². The first-order valence-electron chi connectivity index (χ1n) is 7.93. The number of hydrogen-bond donors (Lipinski definition) is 0. The van der Waals surface area contributed by atoms with E-state index >= 15 is 0 Å². The number of rotatable bonds is 6. The van der Waals surface area contributed by atoms with E-state index in [2.05, 4.69) is 10.1 Å². The van der Waals surface area contributed by atoms with Crippen molar-refractivity contribution >= 4 is 15.9 Å². The quantitative estimate of drug-likeness (QED) is 0.756. The van der Waals surface area contributed by atoms with Crippen molar-refractivity contribution < 1.29 is 17.7 Å². The van der Waals surface area contributed by atoms with Crippen LogP contribution in [0.4, 0.5) is 0 Å². The fraction of sp³-hybridized carbons (Fsp3) is 0.786. The molecule has 0 radical (unpaired) electrons. The fourth-order valence-electron chi connectivity index (χ4n) is 2.84. The molecule has 1 atom stereocenters. The first-order valence-corrected chi connectivity index (χ1v) is 9.54. The SMILES string of the molecule is CCN(CC)S(=O)(=O)CC(=O)N1CCCC(c2nc(C)no2)C1. The molecule has 1 saturated heterocycles. The first kappa shape index (κ1) is 17.9. The van der Waals surface area contributed by atoms with Gasteiger partial charge in [0.15, 0.2) is 5.82 Å². The third-order valence-electron chi connectivity index (χ3n) is 4.07. The van der Waals surface area contributed by atoms with Gasteiger partial charge in [-0.05, 0) is 19.8 Å². The van der Waals surface area contributed by atoms with Crippen LogP contribution in [0, 0.1) is 6.92 Å². The van der Waals surface area contributed by atoms with Crippen LogP contribution >= 0.6 is 0 Å². The van der Waals surface area contributed by atoms with E-state index in [1.54, 1.807) is 25.7 Å². The molecular weight excluding hydrogens is 320 g/mol. The predicted octanol–water partition coefficient (Wildman–Crippen LogP) is 0.756. The van der Waals surface area contributed by atoms with Gasteiger partial charge in [-0.25, -0.2) is 12.7 Å². The van der Waals surface area contributed by atoms with E-state index in [9.17, 15) is 13.2 Å². The number of aryl methyl sites for hydroxylation is 1. The Kier molecular flexibility index (Phi) is 5.74. The smallest absolute Gasteiger partial charge is 0.239 e. The lowest BCUT2D eigenvalue weighted by Crippen LogP contribution is -2.45. The van der Waals surface area contributed by atoms with Crippen LogP contribution in [0.5, 0.6) is 0 Å². The first-order chi connectivity index (χ1) is 10.9. The standard InChI is InChI=1S/C14H24N4O4S/c1-4-18(5-2)23(20,21)10-13(19)17-8-6-7-12(9-17)14-15-11(3)16-22-14/h12H,4-10H2,1-3H3. The second kappa shape index (κ2) is 7.39. The van der Waals surface area contributed by atoms with Crippen molar-refractivity contribution in [3.8, 4) is 0 Å². The molecule has 9 heteroatoms. The Morgan fingerprint density at radius 3 is 2.65 bits per heavy atom. The molecule has 8 nitrogen and oxygen atoms in total. The third kappa shape index (κ3) is 4.29. The van der Waals surface area contributed by atoms with Crippen molar-refractivity contribution in [1.29, 1.82) is 0 Å². The molecule has 2 rings (SSSR count). The maximum absolute atomic E-state index is 12.4. The lowest BCUT2D eigenvalue weighted by molar-refractivity contribution is -0.129. The Balaban J connectivity index is 2.02. The number of hydrogen-bond acceptors (Lipinski definition) is 6. The lowest BCUT2D eigenvalue weighted by Gasteiger charge is -2.31. The summed E-state index contributed by atoms with van der Waals surface area (Å²) >= 11 is 0. The summed E-state index contributed by atoms with van der Waals surface area (Å²) < 4.78 is 31.0. The van der Waals surface area contributed by atoms with Gasteiger partial charge in [-0.3, -0.25) is 4.79 Å². The normalized spacial score (nSPS) is 19.3. The summed E-state index contributed by atoms with van der Waals surface area (Å²) in [5.74, 6) is 0.214. The largest absolute Gasteiger partial charge is 0.341 e. The molecule has 130 valence electrons. The van der Waals surface area contributed by atoms with Crippen molar-refractivity contribution in [1.82, 2.24) is 19.3 Å². The van der Waals surface area contributed by atoms with Gasteiger partial charge in [0.2, 0.25) is 21.8 Å². The second-order valence-electron chi connectivity index (χ2n) is 5.70. The average molecular weight is 344 g/mol. The molecule has 1 aromatic rings. The highest BCUT2D eigenvalue weighted by Crippen LogP contribution is 2.25. The predicted molar refractivity (Wildman–Crippen MR) is 84.3 cm³/mol. The van der Waals surface area contributed by atoms with E-state index in [-0.39, 0.29) is 11.8 Å². The number of amides is 1. The summed E-state index contributed by atoms with van der Waals surface area (Å²) in [6.07, 6.45) is 1.65. The monoisotopic (exact) mass is 344 g/mol. The average Bonchev–Trinajstić information content (AvgIpc) is 2.94. The van der Waals surface area contributed by atoms with Crippen LogP contribution in [0.1, 0.15) is 44.3 Å². The molecule has 1 aliphatic rings. The van der Waals surface area contributed by atoms with E-state index in [4.69, 9.17) is 4.52 Å². The highest BCUT2D eigenvalue weighted by Gasteiger charge is 2.31. The van der Waals surface area contributed by atoms with Gasteiger partial charge >= 0.3 is 0 Å². The van der Waals surface area contributed by atoms with Gasteiger partial charge < -0.3 is 9.42 Å². The molecule has 1 aliphatic heterocycles. The maximum Gasteiger partial charge on any atom is 0.239 e. The molecule has 2 heterocycles. The molecule has 0 bridgehead atoms.